The van der Waals surface area contributed by atoms with Gasteiger partial charge in [-0.05, 0) is 31.9 Å². The first-order valence-electron chi connectivity index (χ1n) is 9.09. The van der Waals surface area contributed by atoms with E-state index >= 15 is 0 Å². The van der Waals surface area contributed by atoms with E-state index in [1.165, 1.54) is 22.9 Å². The summed E-state index contributed by atoms with van der Waals surface area (Å²) in [5.41, 5.74) is -0.323. The SMILES string of the molecule is CCn1ccnc1[C@H]1CCCN(C(=O)c2cnc3c(O)cccn3c2=O)C1. The molecule has 1 saturated heterocycles. The monoisotopic (exact) mass is 367 g/mol. The summed E-state index contributed by atoms with van der Waals surface area (Å²) < 4.78 is 3.29. The molecule has 1 N–H and O–H groups in total. The Balaban J connectivity index is 1.64. The van der Waals surface area contributed by atoms with Crippen LogP contribution in [0.5, 0.6) is 5.75 Å². The molecule has 0 spiro atoms. The second-order valence-electron chi connectivity index (χ2n) is 6.73. The fourth-order valence-corrected chi connectivity index (χ4v) is 3.73. The summed E-state index contributed by atoms with van der Waals surface area (Å²) in [6, 6.07) is 3.00. The summed E-state index contributed by atoms with van der Waals surface area (Å²) in [6.07, 6.45) is 8.31. The van der Waals surface area contributed by atoms with Crippen molar-refractivity contribution < 1.29 is 9.90 Å². The van der Waals surface area contributed by atoms with Gasteiger partial charge in [0.25, 0.3) is 11.5 Å². The first kappa shape index (κ1) is 17.3. The highest BCUT2D eigenvalue weighted by Crippen LogP contribution is 2.26. The number of hydrogen-bond donors (Lipinski definition) is 1. The van der Waals surface area contributed by atoms with E-state index in [0.29, 0.717) is 13.1 Å². The van der Waals surface area contributed by atoms with Gasteiger partial charge in [-0.2, -0.15) is 0 Å². The maximum absolute atomic E-state index is 13.0. The normalized spacial score (nSPS) is 17.4. The van der Waals surface area contributed by atoms with Crippen LogP contribution < -0.4 is 5.56 Å². The second-order valence-corrected chi connectivity index (χ2v) is 6.73. The molecule has 4 rings (SSSR count). The molecule has 140 valence electrons. The van der Waals surface area contributed by atoms with Gasteiger partial charge >= 0.3 is 0 Å². The van der Waals surface area contributed by atoms with Gasteiger partial charge in [-0.3, -0.25) is 14.0 Å². The van der Waals surface area contributed by atoms with Crippen LogP contribution in [0.3, 0.4) is 0 Å². The number of hydrogen-bond acceptors (Lipinski definition) is 5. The lowest BCUT2D eigenvalue weighted by Crippen LogP contribution is -2.42. The van der Waals surface area contributed by atoms with Crippen LogP contribution in [0.2, 0.25) is 0 Å². The molecule has 1 aliphatic heterocycles. The highest BCUT2D eigenvalue weighted by Gasteiger charge is 2.29. The maximum atomic E-state index is 13.0. The fraction of sp³-hybridized carbons (Fsp3) is 0.368. The van der Waals surface area contributed by atoms with Crippen molar-refractivity contribution in [2.45, 2.75) is 32.2 Å². The number of aromatic hydroxyl groups is 1. The molecule has 0 aliphatic carbocycles. The van der Waals surface area contributed by atoms with Gasteiger partial charge in [0.1, 0.15) is 11.4 Å². The van der Waals surface area contributed by atoms with Crippen LogP contribution in [0.15, 0.2) is 41.7 Å². The molecule has 0 radical (unpaired) electrons. The zero-order valence-electron chi connectivity index (χ0n) is 15.1. The maximum Gasteiger partial charge on any atom is 0.270 e. The summed E-state index contributed by atoms with van der Waals surface area (Å²) in [5, 5.41) is 9.84. The van der Waals surface area contributed by atoms with E-state index in [4.69, 9.17) is 0 Å². The van der Waals surface area contributed by atoms with E-state index < -0.39 is 5.56 Å². The minimum absolute atomic E-state index is 0.0117. The Morgan fingerprint density at radius 2 is 2.19 bits per heavy atom. The number of aromatic nitrogens is 4. The highest BCUT2D eigenvalue weighted by molar-refractivity contribution is 5.94. The molecule has 27 heavy (non-hydrogen) atoms. The predicted octanol–water partition coefficient (Wildman–Crippen LogP) is 1.64. The largest absolute Gasteiger partial charge is 0.504 e. The van der Waals surface area contributed by atoms with Gasteiger partial charge in [0, 0.05) is 50.3 Å². The molecule has 8 nitrogen and oxygen atoms in total. The topological polar surface area (TPSA) is 92.7 Å². The van der Waals surface area contributed by atoms with Gasteiger partial charge < -0.3 is 14.6 Å². The highest BCUT2D eigenvalue weighted by atomic mass is 16.3. The molecule has 1 atom stereocenters. The molecule has 0 bridgehead atoms. The van der Waals surface area contributed by atoms with Gasteiger partial charge in [-0.15, -0.1) is 0 Å². The first-order valence-corrected chi connectivity index (χ1v) is 9.09. The summed E-state index contributed by atoms with van der Waals surface area (Å²) in [4.78, 5) is 36.0. The number of likely N-dealkylation sites (tertiary alicyclic amines) is 1. The lowest BCUT2D eigenvalue weighted by atomic mass is 9.96. The summed E-state index contributed by atoms with van der Waals surface area (Å²) in [6.45, 7) is 4.02. The second kappa shape index (κ2) is 6.86. The Hall–Kier alpha value is -3.16. The third kappa shape index (κ3) is 2.97. The average molecular weight is 367 g/mol. The zero-order valence-corrected chi connectivity index (χ0v) is 15.1. The molecule has 3 aromatic heterocycles. The van der Waals surface area contributed by atoms with E-state index in [1.54, 1.807) is 17.2 Å². The number of aryl methyl sites for hydroxylation is 1. The molecule has 0 saturated carbocycles. The number of imidazole rings is 1. The fourth-order valence-electron chi connectivity index (χ4n) is 3.73. The van der Waals surface area contributed by atoms with Crippen LogP contribution in [-0.4, -0.2) is 47.9 Å². The average Bonchev–Trinajstić information content (AvgIpc) is 3.17. The van der Waals surface area contributed by atoms with Crippen molar-refractivity contribution in [3.8, 4) is 5.75 Å². The zero-order chi connectivity index (χ0) is 19.0. The third-order valence-corrected chi connectivity index (χ3v) is 5.10. The Bertz CT molecular complexity index is 1050. The van der Waals surface area contributed by atoms with Gasteiger partial charge in [0.15, 0.2) is 11.4 Å². The van der Waals surface area contributed by atoms with Crippen molar-refractivity contribution in [2.24, 2.45) is 0 Å². The Morgan fingerprint density at radius 1 is 1.33 bits per heavy atom. The van der Waals surface area contributed by atoms with Crippen molar-refractivity contribution >= 4 is 11.6 Å². The molecular weight excluding hydrogens is 346 g/mol. The van der Waals surface area contributed by atoms with Crippen molar-refractivity contribution in [3.05, 3.63) is 58.7 Å². The summed E-state index contributed by atoms with van der Waals surface area (Å²) in [5.74, 6) is 0.703. The molecule has 0 aromatic carbocycles. The van der Waals surface area contributed by atoms with Gasteiger partial charge in [0.05, 0.1) is 0 Å². The van der Waals surface area contributed by atoms with Crippen molar-refractivity contribution in [2.75, 3.05) is 13.1 Å². The van der Waals surface area contributed by atoms with E-state index in [1.807, 2.05) is 6.20 Å². The van der Waals surface area contributed by atoms with Gasteiger partial charge in [-0.1, -0.05) is 0 Å². The van der Waals surface area contributed by atoms with Crippen molar-refractivity contribution in [3.63, 3.8) is 0 Å². The predicted molar refractivity (Wildman–Crippen MR) is 98.9 cm³/mol. The molecular formula is C19H21N5O3. The van der Waals surface area contributed by atoms with Gasteiger partial charge in [-0.25, -0.2) is 9.97 Å². The van der Waals surface area contributed by atoms with Crippen molar-refractivity contribution in [1.82, 2.24) is 23.8 Å². The quantitative estimate of drug-likeness (QED) is 0.760. The molecule has 1 fully saturated rings. The van der Waals surface area contributed by atoms with E-state index in [-0.39, 0.29) is 28.8 Å². The van der Waals surface area contributed by atoms with Crippen LogP contribution in [0.25, 0.3) is 5.65 Å². The van der Waals surface area contributed by atoms with Gasteiger partial charge in [0.2, 0.25) is 0 Å². The van der Waals surface area contributed by atoms with E-state index in [2.05, 4.69) is 21.5 Å². The number of carbonyl (C=O) groups is 1. The molecule has 8 heteroatoms. The van der Waals surface area contributed by atoms with Crippen LogP contribution >= 0.6 is 0 Å². The van der Waals surface area contributed by atoms with Crippen LogP contribution in [0.1, 0.15) is 41.9 Å². The lowest BCUT2D eigenvalue weighted by Gasteiger charge is -2.32. The van der Waals surface area contributed by atoms with E-state index in [9.17, 15) is 14.7 Å². The smallest absolute Gasteiger partial charge is 0.270 e. The standard InChI is InChI=1S/C19H21N5O3/c1-2-22-10-7-20-16(22)13-5-3-8-23(12-13)18(26)14-11-21-17-15(25)6-4-9-24(17)19(14)27/h4,6-7,9-11,13,25H,2-3,5,8,12H2,1H3/t13-/m0/s1. The Kier molecular flexibility index (Phi) is 4.39. The first-order chi connectivity index (χ1) is 13.1. The number of nitrogens with zero attached hydrogens (tertiary/aromatic N) is 5. The molecule has 3 aromatic rings. The number of rotatable bonds is 3. The Morgan fingerprint density at radius 3 is 3.00 bits per heavy atom. The number of carbonyl (C=O) groups excluding carboxylic acids is 1. The third-order valence-electron chi connectivity index (χ3n) is 5.10. The van der Waals surface area contributed by atoms with Crippen LogP contribution in [0.4, 0.5) is 0 Å². The number of amides is 1. The van der Waals surface area contributed by atoms with Crippen LogP contribution in [0, 0.1) is 0 Å². The number of pyridine rings is 1. The number of piperidine rings is 1. The van der Waals surface area contributed by atoms with Crippen molar-refractivity contribution in [1.29, 1.82) is 0 Å². The summed E-state index contributed by atoms with van der Waals surface area (Å²) in [7, 11) is 0. The molecule has 1 amide bonds. The molecule has 4 heterocycles. The van der Waals surface area contributed by atoms with E-state index in [0.717, 1.165) is 25.2 Å². The lowest BCUT2D eigenvalue weighted by molar-refractivity contribution is 0.0701. The number of fused-ring (bicyclic) bond motifs is 1. The van der Waals surface area contributed by atoms with Crippen LogP contribution in [-0.2, 0) is 6.54 Å². The minimum atomic E-state index is -0.474. The molecule has 0 unspecified atom stereocenters. The Labute approximate surface area is 155 Å². The molecule has 1 aliphatic rings. The minimum Gasteiger partial charge on any atom is -0.504 e. The summed E-state index contributed by atoms with van der Waals surface area (Å²) >= 11 is 0.